The van der Waals surface area contributed by atoms with E-state index in [-0.39, 0.29) is 44.0 Å². The van der Waals surface area contributed by atoms with Crippen molar-refractivity contribution in [3.63, 3.8) is 0 Å². The van der Waals surface area contributed by atoms with E-state index in [2.05, 4.69) is 101 Å². The summed E-state index contributed by atoms with van der Waals surface area (Å²) in [5, 5.41) is 21.5. The molecule has 574 valence electrons. The lowest BCUT2D eigenvalue weighted by Gasteiger charge is -2.33. The third-order valence-electron chi connectivity index (χ3n) is 18.6. The number of unbranched alkanes of at least 4 members (excludes halogenated alkanes) is 41. The van der Waals surface area contributed by atoms with Crippen molar-refractivity contribution < 1.29 is 57.9 Å². The van der Waals surface area contributed by atoms with Gasteiger partial charge in [-0.25, -0.2) is 0 Å². The number of carbonyl (C=O) groups is 5. The fraction of sp³-hybridized carbons (Fsp3) is 0.805. The summed E-state index contributed by atoms with van der Waals surface area (Å²) in [5.41, 5.74) is 0. The Hall–Kier alpha value is -3.81. The molecule has 12 nitrogen and oxygen atoms in total. The molecule has 0 aliphatic carbocycles. The molecule has 0 aromatic carbocycles. The van der Waals surface area contributed by atoms with E-state index in [4.69, 9.17) is 23.7 Å². The Labute approximate surface area is 608 Å². The van der Waals surface area contributed by atoms with Crippen LogP contribution in [0.25, 0.3) is 0 Å². The van der Waals surface area contributed by atoms with Gasteiger partial charge in [0.1, 0.15) is 12.2 Å². The molecule has 0 aliphatic heterocycles. The van der Waals surface area contributed by atoms with E-state index in [9.17, 15) is 29.4 Å². The summed E-state index contributed by atoms with van der Waals surface area (Å²) in [6.45, 7) is 9.78. The Bertz CT molecular complexity index is 2020. The maximum atomic E-state index is 15.1. The highest BCUT2D eigenvalue weighted by Crippen LogP contribution is 2.24. The normalized spacial score (nSPS) is 14.0. The average Bonchev–Trinajstić information content (AvgIpc) is 0.856. The molecular weight excluding hydrogens is 1240 g/mol. The van der Waals surface area contributed by atoms with E-state index in [0.29, 0.717) is 25.7 Å². The van der Waals surface area contributed by atoms with Crippen LogP contribution in [0.1, 0.15) is 388 Å². The number of rotatable bonds is 77. The topological polar surface area (TPSA) is 172 Å². The summed E-state index contributed by atoms with van der Waals surface area (Å²) in [6.07, 6.45) is 74.7. The molecule has 0 aromatic rings. The summed E-state index contributed by atoms with van der Waals surface area (Å²) < 4.78 is 31.1. The molecule has 0 saturated heterocycles. The van der Waals surface area contributed by atoms with Crippen LogP contribution in [0.4, 0.5) is 0 Å². The van der Waals surface area contributed by atoms with Crippen LogP contribution in [-0.2, 0) is 47.7 Å². The summed E-state index contributed by atoms with van der Waals surface area (Å²) in [7, 11) is 0. The molecule has 4 unspecified atom stereocenters. The zero-order valence-corrected chi connectivity index (χ0v) is 64.9. The molecule has 2 N–H and O–H groups in total. The summed E-state index contributed by atoms with van der Waals surface area (Å²) in [6, 6.07) is 0. The van der Waals surface area contributed by atoms with E-state index >= 15 is 4.79 Å². The van der Waals surface area contributed by atoms with Gasteiger partial charge in [-0.2, -0.15) is 0 Å². The molecule has 0 bridgehead atoms. The highest BCUT2D eigenvalue weighted by atomic mass is 16.6. The summed E-state index contributed by atoms with van der Waals surface area (Å²) in [4.78, 5) is 69.2. The van der Waals surface area contributed by atoms with Crippen molar-refractivity contribution in [2.24, 2.45) is 0 Å². The summed E-state index contributed by atoms with van der Waals surface area (Å²) >= 11 is 0. The Balaban J connectivity index is 6.72. The van der Waals surface area contributed by atoms with Gasteiger partial charge in [0.05, 0.1) is 19.8 Å². The molecule has 0 fully saturated rings. The molecule has 12 heteroatoms. The number of hydrogen-bond acceptors (Lipinski definition) is 12. The molecule has 0 radical (unpaired) electrons. The van der Waals surface area contributed by atoms with E-state index in [1.165, 1.54) is 174 Å². The maximum Gasteiger partial charge on any atom is 0.303 e. The first-order valence-electron chi connectivity index (χ1n) is 41.4. The van der Waals surface area contributed by atoms with Gasteiger partial charge in [0.2, 0.25) is 0 Å². The number of hydrogen-bond donors (Lipinski definition) is 2. The number of carbonyl (C=O) groups excluding carboxylic acids is 5. The van der Waals surface area contributed by atoms with E-state index in [0.717, 1.165) is 141 Å². The third-order valence-corrected chi connectivity index (χ3v) is 18.6. The molecule has 0 aliphatic rings. The lowest BCUT2D eigenvalue weighted by atomic mass is 9.99. The monoisotopic (exact) mass is 1390 g/mol. The van der Waals surface area contributed by atoms with Gasteiger partial charge in [-0.1, -0.05) is 306 Å². The number of allylic oxidation sites excluding steroid dienone is 12. The highest BCUT2D eigenvalue weighted by molar-refractivity contribution is 5.87. The van der Waals surface area contributed by atoms with Crippen molar-refractivity contribution in [1.82, 2.24) is 0 Å². The van der Waals surface area contributed by atoms with Crippen molar-refractivity contribution in [3.05, 3.63) is 72.9 Å². The molecule has 6 atom stereocenters. The SMILES string of the molecule is CCCCC/C=C\C/C=C\C/C=C\C/C=C\CCCCO[C@@H](COC(C(=O)CCCCCCC/C=C\CCCCCCCC)[C@H](CO)OC(C)=O)C(OC(C(=O)CCCCCCC/C=C\CCCCCCCC)C(CO)OC(C)=O)C(=O)CCCCCCCCCCCCCCCCC. The Morgan fingerprint density at radius 2 is 0.525 bits per heavy atom. The lowest BCUT2D eigenvalue weighted by molar-refractivity contribution is -0.188. The Kier molecular flexibility index (Phi) is 72.5. The van der Waals surface area contributed by atoms with Gasteiger partial charge in [-0.3, -0.25) is 24.0 Å². The van der Waals surface area contributed by atoms with Crippen molar-refractivity contribution in [3.8, 4) is 0 Å². The van der Waals surface area contributed by atoms with Crippen LogP contribution in [0.2, 0.25) is 0 Å². The van der Waals surface area contributed by atoms with Crippen molar-refractivity contribution in [2.75, 3.05) is 26.4 Å². The molecule has 0 heterocycles. The second kappa shape index (κ2) is 75.4. The van der Waals surface area contributed by atoms with E-state index in [1.54, 1.807) is 0 Å². The zero-order valence-electron chi connectivity index (χ0n) is 64.9. The lowest BCUT2D eigenvalue weighted by Crippen LogP contribution is -2.51. The molecule has 0 spiro atoms. The number of Topliss-reactive ketones (excluding diaryl/α,β-unsaturated/α-hetero) is 3. The molecule has 99 heavy (non-hydrogen) atoms. The van der Waals surface area contributed by atoms with Crippen LogP contribution in [-0.4, -0.2) is 103 Å². The number of aliphatic hydroxyl groups is 2. The second-order valence-corrected chi connectivity index (χ2v) is 28.2. The minimum Gasteiger partial charge on any atom is -0.457 e. The van der Waals surface area contributed by atoms with E-state index < -0.39 is 67.6 Å². The van der Waals surface area contributed by atoms with Crippen molar-refractivity contribution in [1.29, 1.82) is 0 Å². The van der Waals surface area contributed by atoms with E-state index in [1.807, 2.05) is 0 Å². The fourth-order valence-corrected chi connectivity index (χ4v) is 12.5. The van der Waals surface area contributed by atoms with Crippen LogP contribution < -0.4 is 0 Å². The highest BCUT2D eigenvalue weighted by Gasteiger charge is 2.41. The number of ketones is 3. The van der Waals surface area contributed by atoms with Gasteiger partial charge in [0, 0.05) is 39.7 Å². The fourth-order valence-electron chi connectivity index (χ4n) is 12.5. The number of esters is 2. The first-order valence-corrected chi connectivity index (χ1v) is 41.4. The van der Waals surface area contributed by atoms with Gasteiger partial charge in [0.15, 0.2) is 41.8 Å². The Morgan fingerprint density at radius 1 is 0.283 bits per heavy atom. The Morgan fingerprint density at radius 3 is 0.848 bits per heavy atom. The summed E-state index contributed by atoms with van der Waals surface area (Å²) in [5.74, 6) is -2.50. The van der Waals surface area contributed by atoms with Gasteiger partial charge in [0.25, 0.3) is 0 Å². The van der Waals surface area contributed by atoms with Crippen LogP contribution in [0.5, 0.6) is 0 Å². The van der Waals surface area contributed by atoms with Crippen LogP contribution >= 0.6 is 0 Å². The smallest absolute Gasteiger partial charge is 0.303 e. The van der Waals surface area contributed by atoms with Crippen LogP contribution in [0, 0.1) is 0 Å². The van der Waals surface area contributed by atoms with Crippen LogP contribution in [0.15, 0.2) is 72.9 Å². The van der Waals surface area contributed by atoms with Crippen molar-refractivity contribution >= 4 is 29.3 Å². The first-order chi connectivity index (χ1) is 48.5. The maximum absolute atomic E-state index is 15.1. The van der Waals surface area contributed by atoms with Gasteiger partial charge in [-0.05, 0) is 122 Å². The molecular formula is C87H154O12. The zero-order chi connectivity index (χ0) is 72.4. The molecule has 0 aromatic heterocycles. The van der Waals surface area contributed by atoms with Gasteiger partial charge >= 0.3 is 11.9 Å². The van der Waals surface area contributed by atoms with Gasteiger partial charge in [-0.15, -0.1) is 0 Å². The third kappa shape index (κ3) is 62.5. The van der Waals surface area contributed by atoms with Crippen molar-refractivity contribution in [2.45, 2.75) is 425 Å². The van der Waals surface area contributed by atoms with Crippen LogP contribution in [0.3, 0.4) is 0 Å². The molecule has 0 amide bonds. The predicted molar refractivity (Wildman–Crippen MR) is 415 cm³/mol. The first kappa shape index (κ1) is 95.2. The van der Waals surface area contributed by atoms with Gasteiger partial charge < -0.3 is 33.9 Å². The number of aliphatic hydroxyl groups excluding tert-OH is 2. The molecule has 0 saturated carbocycles. The quantitative estimate of drug-likeness (QED) is 0.0336. The largest absolute Gasteiger partial charge is 0.457 e. The predicted octanol–water partition coefficient (Wildman–Crippen LogP) is 23.5. The molecule has 0 rings (SSSR count). The minimum atomic E-state index is -1.51. The minimum absolute atomic E-state index is 0.0769. The number of ether oxygens (including phenoxy) is 5. The second-order valence-electron chi connectivity index (χ2n) is 28.2. The average molecular weight is 1390 g/mol. The standard InChI is InChI=1S/C87H154O12/c1-7-11-15-19-23-27-31-35-39-40-41-45-49-53-57-61-65-69-73-95-84(76-96-85(82(74-88)97-77(5)90)79(92)70-66-62-58-54-50-46-42-36-32-28-24-20-16-12-8-2)87(81(94)72-68-64-60-56-52-48-44-38-34-30-26-22-18-14-10-4)99-86(83(75-89)98-78(6)91)80(93)71-67-63-59-55-51-47-43-37-33-29-25-21-17-13-9-3/h23,27,35-37,39,41-43,45,53,57,82-89H,7-22,24-26,28-34,38,40,44,46-52,54-56,58-76H2,1-6H3/b27-23-,39-35-,42-36-,43-37-,45-41-,57-53-/t82-,83?,84-,85?,86?,87?/m0/s1.